The molecule has 117 heavy (non-hydrogen) atoms. The molecule has 4 unspecified atom stereocenters. The number of amidine groups is 3. The van der Waals surface area contributed by atoms with E-state index in [0.29, 0.717) is 77.5 Å². The third-order valence-electron chi connectivity index (χ3n) is 18.8. The number of carbonyl (C=O) groups is 6. The maximum atomic E-state index is 14.9. The van der Waals surface area contributed by atoms with Crippen LogP contribution in [0.3, 0.4) is 0 Å². The smallest absolute Gasteiger partial charge is 0.338 e. The molecule has 27 nitrogen and oxygen atoms in total. The van der Waals surface area contributed by atoms with Crippen LogP contribution < -0.4 is 16.0 Å². The van der Waals surface area contributed by atoms with Gasteiger partial charge in [0.25, 0.3) is 11.8 Å². The van der Waals surface area contributed by atoms with Crippen molar-refractivity contribution in [3.8, 4) is 0 Å². The van der Waals surface area contributed by atoms with Gasteiger partial charge in [-0.25, -0.2) is 74.0 Å². The van der Waals surface area contributed by atoms with E-state index in [1.54, 1.807) is 68.1 Å². The second-order valence-corrected chi connectivity index (χ2v) is 32.4. The van der Waals surface area contributed by atoms with Gasteiger partial charge in [0.1, 0.15) is 55.0 Å². The number of halogens is 11. The van der Waals surface area contributed by atoms with Gasteiger partial charge in [0, 0.05) is 136 Å². The van der Waals surface area contributed by atoms with Gasteiger partial charge in [-0.1, -0.05) is 61.7 Å². The van der Waals surface area contributed by atoms with Gasteiger partial charge in [-0.15, -0.1) is 34.0 Å². The van der Waals surface area contributed by atoms with Gasteiger partial charge in [-0.3, -0.25) is 39.4 Å². The van der Waals surface area contributed by atoms with Crippen LogP contribution in [0.25, 0.3) is 0 Å². The Morgan fingerprint density at radius 3 is 1.32 bits per heavy atom. The van der Waals surface area contributed by atoms with Crippen molar-refractivity contribution in [3.63, 3.8) is 0 Å². The minimum atomic E-state index is -3.01. The molecule has 3 fully saturated rings. The number of aliphatic imine (C=N–C) groups is 3. The number of benzene rings is 3. The van der Waals surface area contributed by atoms with Crippen LogP contribution in [-0.2, 0) is 52.5 Å². The molecular formula is C76H82Br2ClF8N13O14S3. The molecule has 6 aliphatic heterocycles. The first-order valence-corrected chi connectivity index (χ1v) is 41.3. The minimum absolute atomic E-state index is 0.0229. The van der Waals surface area contributed by atoms with Crippen LogP contribution in [0.1, 0.15) is 103 Å². The fourth-order valence-corrected chi connectivity index (χ4v) is 17.2. The molecule has 630 valence electrons. The number of aliphatic carboxylic acids is 3. The lowest BCUT2D eigenvalue weighted by molar-refractivity contribution is -0.145. The number of rotatable bonds is 30. The van der Waals surface area contributed by atoms with E-state index in [-0.39, 0.29) is 136 Å². The summed E-state index contributed by atoms with van der Waals surface area (Å²) < 4.78 is 142. The Morgan fingerprint density at radius 2 is 0.957 bits per heavy atom. The molecule has 3 aromatic heterocycles. The summed E-state index contributed by atoms with van der Waals surface area (Å²) in [6.07, 6.45) is 3.37. The highest BCUT2D eigenvalue weighted by Crippen LogP contribution is 2.43. The third-order valence-corrected chi connectivity index (χ3v) is 22.9. The van der Waals surface area contributed by atoms with E-state index in [9.17, 15) is 63.9 Å². The first-order chi connectivity index (χ1) is 55.8. The molecule has 41 heteroatoms. The standard InChI is InChI=1S/C26H30BrF2N5O4S.C25H26BrF3N4O5S.C25H26ClF3N4O5S/c1-3-38-26(37)22-20(13-34-11-15(8-17(29)12-34)10-33(2)14-21(35)36)31-24(25-30-6-7-39-25)32-23(22)18-5-4-16(28)9-19(18)27;2*1-2-38-24(36)20-18(10-33-13-25(28,29)6-5-15(33)11-37-12-19(34)35)31-22(23-30-7-8-39-23)32-21(20)16-4-3-14(27)9-17(16)26/h4-7,9,15,17,23H,3,8,10-14H2,1-2H3,(H,31,32)(H,35,36);2*3-4,7-9,15,21H,2,5-6,10-13H2,1H3,(H,31,32)(H,34,35)/t15?,17?,23-;2*15?,21-/m000/s1. The highest BCUT2D eigenvalue weighted by atomic mass is 79.9. The Morgan fingerprint density at radius 1 is 0.573 bits per heavy atom. The summed E-state index contributed by atoms with van der Waals surface area (Å²) in [6, 6.07) is 7.97. The monoisotopic (exact) mass is 1840 g/mol. The average Bonchev–Trinajstić information content (AvgIpc) is 1.54. The number of likely N-dealkylation sites (N-methyl/N-ethyl adjacent to an activating group) is 1. The van der Waals surface area contributed by atoms with Crippen LogP contribution in [-0.4, -0.2) is 245 Å². The lowest BCUT2D eigenvalue weighted by Gasteiger charge is -2.40. The number of alkyl halides is 5. The number of aromatic nitrogens is 3. The van der Waals surface area contributed by atoms with E-state index in [0.717, 1.165) is 6.07 Å². The predicted molar refractivity (Wildman–Crippen MR) is 425 cm³/mol. The highest BCUT2D eigenvalue weighted by molar-refractivity contribution is 9.10. The van der Waals surface area contributed by atoms with Crippen LogP contribution in [0, 0.1) is 23.4 Å². The first-order valence-electron chi connectivity index (χ1n) is 36.7. The number of ether oxygens (including phenoxy) is 5. The summed E-state index contributed by atoms with van der Waals surface area (Å²) >= 11 is 17.1. The number of nitrogens with one attached hydrogen (secondary N) is 3. The Kier molecular flexibility index (Phi) is 32.5. The number of nitrogens with zero attached hydrogens (tertiary/aromatic N) is 10. The summed E-state index contributed by atoms with van der Waals surface area (Å²) in [5.41, 5.74) is 2.75. The van der Waals surface area contributed by atoms with Crippen LogP contribution >= 0.6 is 77.5 Å². The maximum Gasteiger partial charge on any atom is 0.338 e. The van der Waals surface area contributed by atoms with Gasteiger partial charge in [0.15, 0.2) is 32.5 Å². The van der Waals surface area contributed by atoms with Gasteiger partial charge in [-0.05, 0) is 101 Å². The van der Waals surface area contributed by atoms with Gasteiger partial charge in [0.05, 0.1) is 69.4 Å². The van der Waals surface area contributed by atoms with Gasteiger partial charge in [-0.2, -0.15) is 0 Å². The average molecular weight is 1850 g/mol. The number of hydrogen-bond acceptors (Lipinski definition) is 27. The predicted octanol–water partition coefficient (Wildman–Crippen LogP) is 11.8. The quantitative estimate of drug-likeness (QED) is 0.0139. The number of thiazole rings is 3. The molecular weight excluding hydrogens is 1760 g/mol. The molecule has 0 saturated carbocycles. The Hall–Kier alpha value is -8.55. The maximum absolute atomic E-state index is 14.9. The second-order valence-electron chi connectivity index (χ2n) is 27.6. The molecule has 0 spiro atoms. The summed E-state index contributed by atoms with van der Waals surface area (Å²) in [7, 11) is 1.70. The number of carbonyl (C=O) groups excluding carboxylic acids is 3. The lowest BCUT2D eigenvalue weighted by atomic mass is 9.93. The van der Waals surface area contributed by atoms with Gasteiger partial charge in [0.2, 0.25) is 0 Å². The first kappa shape index (κ1) is 90.8. The third kappa shape index (κ3) is 25.0. The Balaban J connectivity index is 0.000000185. The largest absolute Gasteiger partial charge is 0.480 e. The van der Waals surface area contributed by atoms with Crippen molar-refractivity contribution in [3.05, 3.63) is 186 Å². The van der Waals surface area contributed by atoms with E-state index in [2.05, 4.69) is 67.8 Å². The van der Waals surface area contributed by atoms with Crippen molar-refractivity contribution in [2.45, 2.75) is 101 Å². The van der Waals surface area contributed by atoms with Crippen molar-refractivity contribution in [2.24, 2.45) is 20.9 Å². The van der Waals surface area contributed by atoms with Crippen LogP contribution in [0.4, 0.5) is 35.1 Å². The zero-order chi connectivity index (χ0) is 84.4. The molecule has 6 N–H and O–H groups in total. The van der Waals surface area contributed by atoms with Crippen molar-refractivity contribution >= 4 is 131 Å². The fourth-order valence-electron chi connectivity index (χ4n) is 14.0. The van der Waals surface area contributed by atoms with Crippen molar-refractivity contribution in [2.75, 3.05) is 112 Å². The van der Waals surface area contributed by atoms with E-state index >= 15 is 0 Å². The van der Waals surface area contributed by atoms with Gasteiger partial charge < -0.3 is 55.0 Å². The lowest BCUT2D eigenvalue weighted by Crippen LogP contribution is -2.53. The fraction of sp³-hybridized carbons (Fsp3) is 0.447. The number of likely N-dealkylation sites (tertiary alicyclic amines) is 3. The Labute approximate surface area is 700 Å². The van der Waals surface area contributed by atoms with Crippen LogP contribution in [0.15, 0.2) is 147 Å². The van der Waals surface area contributed by atoms with E-state index in [1.807, 2.05) is 10.3 Å². The Bertz CT molecular complexity index is 4540. The number of carboxylic acid groups (broad SMARTS) is 3. The van der Waals surface area contributed by atoms with E-state index in [1.165, 1.54) is 86.3 Å². The summed E-state index contributed by atoms with van der Waals surface area (Å²) in [5, 5.41) is 43.3. The van der Waals surface area contributed by atoms with Crippen LogP contribution in [0.5, 0.6) is 0 Å². The SMILES string of the molecule is CCOC(=O)C1=C(CN2CC(F)(F)CCC2COCC(=O)O)NC(c2nccs2)=N[C@H]1c1ccc(F)cc1Br.CCOC(=O)C1=C(CN2CC(F)(F)CCC2COCC(=O)O)NC(c2nccs2)=N[C@H]1c1ccc(F)cc1Cl.CCOC(=O)C1=C(CN2CC(F)CC(CN(C)CC(=O)O)C2)NC(c2nccs2)=N[C@H]1c1ccc(F)cc1Br. The summed E-state index contributed by atoms with van der Waals surface area (Å²) in [4.78, 5) is 106. The van der Waals surface area contributed by atoms with Crippen LogP contribution in [0.2, 0.25) is 5.02 Å². The number of esters is 3. The molecule has 7 atom stereocenters. The molecule has 12 rings (SSSR count). The topological polar surface area (TPSA) is 334 Å². The zero-order valence-corrected chi connectivity index (χ0v) is 69.6. The number of carboxylic acids is 3. The van der Waals surface area contributed by atoms with E-state index in [4.69, 9.17) is 60.6 Å². The molecule has 6 aromatic rings. The second kappa shape index (κ2) is 41.9. The van der Waals surface area contributed by atoms with Crippen molar-refractivity contribution in [1.82, 2.24) is 50.5 Å². The van der Waals surface area contributed by atoms with Crippen molar-refractivity contribution < 1.29 is 103 Å². The molecule has 3 aromatic carbocycles. The summed E-state index contributed by atoms with van der Waals surface area (Å²) in [6.45, 7) is 3.54. The minimum Gasteiger partial charge on any atom is -0.480 e. The molecule has 3 saturated heterocycles. The molecule has 0 amide bonds. The number of piperidine rings is 3. The van der Waals surface area contributed by atoms with E-state index < -0.39 is 128 Å². The normalized spacial score (nSPS) is 21.5. The number of hydrogen-bond donors (Lipinski definition) is 6. The van der Waals surface area contributed by atoms with Crippen molar-refractivity contribution in [1.29, 1.82) is 0 Å². The summed E-state index contributed by atoms with van der Waals surface area (Å²) in [5.74, 6) is -11.9. The molecule has 0 aliphatic carbocycles. The molecule has 0 bridgehead atoms. The molecule has 6 aliphatic rings. The zero-order valence-electron chi connectivity index (χ0n) is 63.2. The highest BCUT2D eigenvalue weighted by Gasteiger charge is 2.46. The molecule has 0 radical (unpaired) electrons. The molecule has 9 heterocycles. The van der Waals surface area contributed by atoms with Gasteiger partial charge >= 0.3 is 35.8 Å².